The number of carboxylic acids is 1. The predicted molar refractivity (Wildman–Crippen MR) is 74.1 cm³/mol. The van der Waals surface area contributed by atoms with Gasteiger partial charge in [0.15, 0.2) is 0 Å². The van der Waals surface area contributed by atoms with E-state index in [2.05, 4.69) is 17.6 Å². The Kier molecular flexibility index (Phi) is 7.30. The van der Waals surface area contributed by atoms with Gasteiger partial charge >= 0.3 is 12.0 Å². The molecule has 110 valence electrons. The van der Waals surface area contributed by atoms with E-state index in [1.165, 1.54) is 19.3 Å². The molecule has 2 atom stereocenters. The summed E-state index contributed by atoms with van der Waals surface area (Å²) >= 11 is 0. The zero-order chi connectivity index (χ0) is 14.1. The fourth-order valence-electron chi connectivity index (χ4n) is 2.63. The molecule has 0 aliphatic heterocycles. The average Bonchev–Trinajstić information content (AvgIpc) is 2.38. The highest BCUT2D eigenvalue weighted by Gasteiger charge is 2.21. The minimum absolute atomic E-state index is 0.114. The molecular weight excluding hydrogens is 244 g/mol. The number of hydrogen-bond donors (Lipinski definition) is 3. The van der Waals surface area contributed by atoms with E-state index >= 15 is 0 Å². The molecule has 0 aromatic rings. The Hall–Kier alpha value is -1.26. The number of urea groups is 1. The van der Waals surface area contributed by atoms with Gasteiger partial charge in [0.1, 0.15) is 0 Å². The van der Waals surface area contributed by atoms with Crippen LogP contribution in [0.4, 0.5) is 4.79 Å². The number of carbonyl (C=O) groups excluding carboxylic acids is 1. The zero-order valence-corrected chi connectivity index (χ0v) is 11.8. The molecule has 1 aliphatic carbocycles. The average molecular weight is 270 g/mol. The smallest absolute Gasteiger partial charge is 0.315 e. The second-order valence-electron chi connectivity index (χ2n) is 5.39. The Bertz CT molecular complexity index is 294. The van der Waals surface area contributed by atoms with Crippen LogP contribution in [0, 0.1) is 5.92 Å². The van der Waals surface area contributed by atoms with Crippen molar-refractivity contribution in [2.75, 3.05) is 6.54 Å². The summed E-state index contributed by atoms with van der Waals surface area (Å²) in [7, 11) is 0. The lowest BCUT2D eigenvalue weighted by Crippen LogP contribution is -2.44. The predicted octanol–water partition coefficient (Wildman–Crippen LogP) is 2.51. The molecule has 1 saturated carbocycles. The summed E-state index contributed by atoms with van der Waals surface area (Å²) in [5, 5.41) is 14.3. The largest absolute Gasteiger partial charge is 0.481 e. The van der Waals surface area contributed by atoms with E-state index in [9.17, 15) is 9.59 Å². The van der Waals surface area contributed by atoms with Crippen molar-refractivity contribution in [2.24, 2.45) is 5.92 Å². The number of nitrogens with one attached hydrogen (secondary N) is 2. The molecule has 0 heterocycles. The quantitative estimate of drug-likeness (QED) is 0.622. The van der Waals surface area contributed by atoms with E-state index in [1.54, 1.807) is 0 Å². The van der Waals surface area contributed by atoms with Crippen molar-refractivity contribution in [3.05, 3.63) is 0 Å². The van der Waals surface area contributed by atoms with Gasteiger partial charge in [-0.15, -0.1) is 0 Å². The summed E-state index contributed by atoms with van der Waals surface area (Å²) in [6.07, 6.45) is 7.32. The van der Waals surface area contributed by atoms with Gasteiger partial charge in [0.25, 0.3) is 0 Å². The number of rotatable bonds is 7. The monoisotopic (exact) mass is 270 g/mol. The Labute approximate surface area is 115 Å². The van der Waals surface area contributed by atoms with Gasteiger partial charge in [0, 0.05) is 19.0 Å². The summed E-state index contributed by atoms with van der Waals surface area (Å²) in [6, 6.07) is 0.190. The molecule has 5 heteroatoms. The lowest BCUT2D eigenvalue weighted by atomic mass is 9.84. The molecule has 0 saturated heterocycles. The second-order valence-corrected chi connectivity index (χ2v) is 5.39. The van der Waals surface area contributed by atoms with Crippen LogP contribution in [0.1, 0.15) is 58.3 Å². The van der Waals surface area contributed by atoms with Gasteiger partial charge in [-0.1, -0.05) is 26.2 Å². The number of carbonyl (C=O) groups is 2. The lowest BCUT2D eigenvalue weighted by Gasteiger charge is -2.29. The van der Waals surface area contributed by atoms with Crippen molar-refractivity contribution < 1.29 is 14.7 Å². The Morgan fingerprint density at radius 2 is 2.05 bits per heavy atom. The third kappa shape index (κ3) is 7.03. The number of amides is 2. The maximum atomic E-state index is 11.7. The van der Waals surface area contributed by atoms with Crippen molar-refractivity contribution in [1.82, 2.24) is 10.6 Å². The number of aliphatic carboxylic acids is 1. The summed E-state index contributed by atoms with van der Waals surface area (Å²) in [5.41, 5.74) is 0. The van der Waals surface area contributed by atoms with E-state index in [-0.39, 0.29) is 12.5 Å². The standard InChI is InChI=1S/C14H26N2O3/c1-2-11-6-5-7-12(10-11)16-14(19)15-9-4-3-8-13(17)18/h11-12H,2-10H2,1H3,(H,17,18)(H2,15,16,19). The van der Waals surface area contributed by atoms with Gasteiger partial charge in [-0.25, -0.2) is 4.79 Å². The van der Waals surface area contributed by atoms with Crippen molar-refractivity contribution in [1.29, 1.82) is 0 Å². The molecular formula is C14H26N2O3. The molecule has 1 rings (SSSR count). The van der Waals surface area contributed by atoms with Crippen LogP contribution < -0.4 is 10.6 Å². The highest BCUT2D eigenvalue weighted by atomic mass is 16.4. The maximum Gasteiger partial charge on any atom is 0.315 e. The number of hydrogen-bond acceptors (Lipinski definition) is 2. The van der Waals surface area contributed by atoms with E-state index in [0.29, 0.717) is 25.4 Å². The SMILES string of the molecule is CCC1CCCC(NC(=O)NCCCCC(=O)O)C1. The van der Waals surface area contributed by atoms with Crippen LogP contribution in [0.15, 0.2) is 0 Å². The molecule has 0 bridgehead atoms. The molecule has 3 N–H and O–H groups in total. The van der Waals surface area contributed by atoms with Crippen LogP contribution in [0.2, 0.25) is 0 Å². The van der Waals surface area contributed by atoms with E-state index < -0.39 is 5.97 Å². The van der Waals surface area contributed by atoms with E-state index in [4.69, 9.17) is 5.11 Å². The van der Waals surface area contributed by atoms with Crippen LogP contribution in [-0.2, 0) is 4.79 Å². The summed E-state index contributed by atoms with van der Waals surface area (Å²) in [5.74, 6) is -0.0353. The second kappa shape index (κ2) is 8.77. The fourth-order valence-corrected chi connectivity index (χ4v) is 2.63. The first kappa shape index (κ1) is 15.8. The highest BCUT2D eigenvalue weighted by molar-refractivity contribution is 5.74. The molecule has 19 heavy (non-hydrogen) atoms. The third-order valence-electron chi connectivity index (χ3n) is 3.80. The van der Waals surface area contributed by atoms with E-state index in [1.807, 2.05) is 0 Å². The van der Waals surface area contributed by atoms with Crippen molar-refractivity contribution in [2.45, 2.75) is 64.3 Å². The number of carboxylic acid groups (broad SMARTS) is 1. The normalized spacial score (nSPS) is 22.8. The molecule has 1 aliphatic rings. The Morgan fingerprint density at radius 3 is 2.74 bits per heavy atom. The Morgan fingerprint density at radius 1 is 1.26 bits per heavy atom. The first-order valence-corrected chi connectivity index (χ1v) is 7.38. The molecule has 1 fully saturated rings. The summed E-state index contributed by atoms with van der Waals surface area (Å²) in [4.78, 5) is 22.0. The van der Waals surface area contributed by atoms with Crippen molar-refractivity contribution in [3.63, 3.8) is 0 Å². The zero-order valence-electron chi connectivity index (χ0n) is 11.8. The minimum atomic E-state index is -0.780. The van der Waals surface area contributed by atoms with Gasteiger partial charge in [0.2, 0.25) is 0 Å². The van der Waals surface area contributed by atoms with Gasteiger partial charge in [-0.3, -0.25) is 4.79 Å². The fraction of sp³-hybridized carbons (Fsp3) is 0.857. The van der Waals surface area contributed by atoms with Gasteiger partial charge in [-0.05, 0) is 31.6 Å². The van der Waals surface area contributed by atoms with E-state index in [0.717, 1.165) is 18.8 Å². The van der Waals surface area contributed by atoms with Gasteiger partial charge in [-0.2, -0.15) is 0 Å². The van der Waals surface area contributed by atoms with Crippen LogP contribution in [0.25, 0.3) is 0 Å². The maximum absolute atomic E-state index is 11.7. The molecule has 0 aromatic heterocycles. The minimum Gasteiger partial charge on any atom is -0.481 e. The topological polar surface area (TPSA) is 78.4 Å². The lowest BCUT2D eigenvalue weighted by molar-refractivity contribution is -0.137. The molecule has 2 amide bonds. The van der Waals surface area contributed by atoms with Gasteiger partial charge < -0.3 is 15.7 Å². The van der Waals surface area contributed by atoms with Crippen molar-refractivity contribution >= 4 is 12.0 Å². The molecule has 0 radical (unpaired) electrons. The third-order valence-corrected chi connectivity index (χ3v) is 3.80. The van der Waals surface area contributed by atoms with Crippen molar-refractivity contribution in [3.8, 4) is 0 Å². The molecule has 0 aromatic carbocycles. The van der Waals surface area contributed by atoms with Crippen LogP contribution >= 0.6 is 0 Å². The first-order chi connectivity index (χ1) is 9.11. The highest BCUT2D eigenvalue weighted by Crippen LogP contribution is 2.26. The first-order valence-electron chi connectivity index (χ1n) is 7.38. The summed E-state index contributed by atoms with van der Waals surface area (Å²) in [6.45, 7) is 2.75. The van der Waals surface area contributed by atoms with Gasteiger partial charge in [0.05, 0.1) is 0 Å². The van der Waals surface area contributed by atoms with Crippen LogP contribution in [0.5, 0.6) is 0 Å². The summed E-state index contributed by atoms with van der Waals surface area (Å²) < 4.78 is 0. The molecule has 5 nitrogen and oxygen atoms in total. The molecule has 2 unspecified atom stereocenters. The molecule has 0 spiro atoms. The van der Waals surface area contributed by atoms with Crippen LogP contribution in [-0.4, -0.2) is 29.7 Å². The number of unbranched alkanes of at least 4 members (excludes halogenated alkanes) is 1. The Balaban J connectivity index is 2.08. The van der Waals surface area contributed by atoms with Crippen LogP contribution in [0.3, 0.4) is 0 Å².